The Balaban J connectivity index is 2.22. The zero-order valence-corrected chi connectivity index (χ0v) is 6.93. The molecule has 12 heavy (non-hydrogen) atoms. The molecule has 5 heteroatoms. The average molecular weight is 170 g/mol. The summed E-state index contributed by atoms with van der Waals surface area (Å²) < 4.78 is 9.94. The molecule has 1 fully saturated rings. The van der Waals surface area contributed by atoms with E-state index in [2.05, 4.69) is 10.2 Å². The van der Waals surface area contributed by atoms with Crippen LogP contribution in [0.25, 0.3) is 0 Å². The van der Waals surface area contributed by atoms with Crippen molar-refractivity contribution >= 4 is 5.97 Å². The molecule has 0 saturated carbocycles. The number of carbonyl (C=O) groups excluding carboxylic acids is 1. The molecule has 1 saturated heterocycles. The lowest BCUT2D eigenvalue weighted by Gasteiger charge is -2.15. The highest BCUT2D eigenvalue weighted by atomic mass is 16.7. The molecular formula is C7H10N2O3. The minimum Gasteiger partial charge on any atom is -0.434 e. The summed E-state index contributed by atoms with van der Waals surface area (Å²) in [6.45, 7) is 1.90. The third-order valence-corrected chi connectivity index (χ3v) is 2.32. The van der Waals surface area contributed by atoms with Crippen molar-refractivity contribution in [2.75, 3.05) is 7.11 Å². The molecule has 0 bridgehead atoms. The van der Waals surface area contributed by atoms with Gasteiger partial charge in [0.25, 0.3) is 0 Å². The molecule has 0 aromatic carbocycles. The van der Waals surface area contributed by atoms with Crippen LogP contribution in [0.15, 0.2) is 10.2 Å². The molecule has 0 N–H and O–H groups in total. The molecule has 0 aromatic rings. The third kappa shape index (κ3) is 0.859. The van der Waals surface area contributed by atoms with E-state index in [0.717, 1.165) is 0 Å². The number of fused-ring (bicyclic) bond motifs is 1. The Labute approximate surface area is 69.8 Å². The standard InChI is InChI=1S/C7H10N2O3/c1-3-4-5(9-8-3)6(10)12-7(4)11-2/h3-5,7H,1-2H3/t3-,4-,5+,7+/m0/s1. The van der Waals surface area contributed by atoms with E-state index >= 15 is 0 Å². The summed E-state index contributed by atoms with van der Waals surface area (Å²) in [7, 11) is 1.52. The van der Waals surface area contributed by atoms with Crippen LogP contribution in [0.1, 0.15) is 6.92 Å². The van der Waals surface area contributed by atoms with Gasteiger partial charge in [0.2, 0.25) is 6.29 Å². The second-order valence-electron chi connectivity index (χ2n) is 3.03. The zero-order valence-electron chi connectivity index (χ0n) is 6.93. The van der Waals surface area contributed by atoms with E-state index in [-0.39, 0.29) is 17.9 Å². The Bertz CT molecular complexity index is 241. The molecule has 4 atom stereocenters. The van der Waals surface area contributed by atoms with E-state index in [1.54, 1.807) is 0 Å². The highest BCUT2D eigenvalue weighted by Crippen LogP contribution is 2.34. The first-order valence-corrected chi connectivity index (χ1v) is 3.87. The van der Waals surface area contributed by atoms with Crippen LogP contribution >= 0.6 is 0 Å². The van der Waals surface area contributed by atoms with Gasteiger partial charge in [0.15, 0.2) is 6.04 Å². The van der Waals surface area contributed by atoms with Crippen LogP contribution in [0.2, 0.25) is 0 Å². The number of ether oxygens (including phenoxy) is 2. The summed E-state index contributed by atoms with van der Waals surface area (Å²) in [6.07, 6.45) is -0.465. The predicted octanol–water partition coefficient (Wildman–Crippen LogP) is 0.355. The lowest BCUT2D eigenvalue weighted by molar-refractivity contribution is -0.162. The van der Waals surface area contributed by atoms with Gasteiger partial charge in [0.1, 0.15) is 0 Å². The molecule has 2 heterocycles. The smallest absolute Gasteiger partial charge is 0.335 e. The van der Waals surface area contributed by atoms with Crippen molar-refractivity contribution in [3.8, 4) is 0 Å². The maximum absolute atomic E-state index is 11.1. The van der Waals surface area contributed by atoms with Gasteiger partial charge in [-0.15, -0.1) is 0 Å². The molecule has 66 valence electrons. The summed E-state index contributed by atoms with van der Waals surface area (Å²) in [5, 5.41) is 7.74. The molecule has 2 aliphatic rings. The second-order valence-corrected chi connectivity index (χ2v) is 3.03. The quantitative estimate of drug-likeness (QED) is 0.533. The number of methoxy groups -OCH3 is 1. The SMILES string of the molecule is CO[C@@H]1OC(=O)[C@@H]2N=N[C@@H](C)[C@H]12. The number of cyclic esters (lactones) is 1. The number of carbonyl (C=O) groups is 1. The van der Waals surface area contributed by atoms with Crippen LogP contribution in [-0.2, 0) is 14.3 Å². The zero-order chi connectivity index (χ0) is 8.72. The van der Waals surface area contributed by atoms with Gasteiger partial charge in [-0.2, -0.15) is 10.2 Å². The van der Waals surface area contributed by atoms with E-state index in [9.17, 15) is 4.79 Å². The summed E-state index contributed by atoms with van der Waals surface area (Å²) in [5.41, 5.74) is 0. The van der Waals surface area contributed by atoms with Crippen molar-refractivity contribution in [1.82, 2.24) is 0 Å². The van der Waals surface area contributed by atoms with Crippen molar-refractivity contribution in [3.63, 3.8) is 0 Å². The molecular weight excluding hydrogens is 160 g/mol. The third-order valence-electron chi connectivity index (χ3n) is 2.32. The van der Waals surface area contributed by atoms with Crippen LogP contribution in [0.5, 0.6) is 0 Å². The van der Waals surface area contributed by atoms with Crippen LogP contribution < -0.4 is 0 Å². The van der Waals surface area contributed by atoms with Crippen molar-refractivity contribution in [2.24, 2.45) is 16.1 Å². The molecule has 0 spiro atoms. The number of hydrogen-bond acceptors (Lipinski definition) is 5. The van der Waals surface area contributed by atoms with Gasteiger partial charge in [0, 0.05) is 7.11 Å². The number of hydrogen-bond donors (Lipinski definition) is 0. The van der Waals surface area contributed by atoms with Gasteiger partial charge in [-0.3, -0.25) is 0 Å². The normalized spacial score (nSPS) is 44.7. The molecule has 0 amide bonds. The monoisotopic (exact) mass is 170 g/mol. The number of azo groups is 1. The fourth-order valence-corrected chi connectivity index (χ4v) is 1.64. The molecule has 5 nitrogen and oxygen atoms in total. The van der Waals surface area contributed by atoms with Crippen molar-refractivity contribution < 1.29 is 14.3 Å². The minimum absolute atomic E-state index is 0.0198. The van der Waals surface area contributed by atoms with Crippen LogP contribution in [0, 0.1) is 5.92 Å². The fraction of sp³-hybridized carbons (Fsp3) is 0.857. The molecule has 0 radical (unpaired) electrons. The molecule has 0 aromatic heterocycles. The Morgan fingerprint density at radius 1 is 1.50 bits per heavy atom. The summed E-state index contributed by atoms with van der Waals surface area (Å²) in [4.78, 5) is 11.1. The first-order chi connectivity index (χ1) is 5.74. The largest absolute Gasteiger partial charge is 0.434 e. The van der Waals surface area contributed by atoms with Crippen molar-refractivity contribution in [3.05, 3.63) is 0 Å². The maximum Gasteiger partial charge on any atom is 0.335 e. The molecule has 2 rings (SSSR count). The van der Waals surface area contributed by atoms with Crippen LogP contribution in [0.3, 0.4) is 0 Å². The Hall–Kier alpha value is -0.970. The Kier molecular flexibility index (Phi) is 1.61. The van der Waals surface area contributed by atoms with E-state index in [1.807, 2.05) is 6.92 Å². The second kappa shape index (κ2) is 2.52. The Morgan fingerprint density at radius 2 is 2.25 bits per heavy atom. The Morgan fingerprint density at radius 3 is 2.92 bits per heavy atom. The maximum atomic E-state index is 11.1. The van der Waals surface area contributed by atoms with E-state index in [4.69, 9.17) is 9.47 Å². The minimum atomic E-state index is -0.465. The number of esters is 1. The van der Waals surface area contributed by atoms with Crippen molar-refractivity contribution in [2.45, 2.75) is 25.3 Å². The van der Waals surface area contributed by atoms with E-state index in [0.29, 0.717) is 0 Å². The topological polar surface area (TPSA) is 60.2 Å². The summed E-state index contributed by atoms with van der Waals surface area (Å²) >= 11 is 0. The van der Waals surface area contributed by atoms with Gasteiger partial charge in [0.05, 0.1) is 12.0 Å². The van der Waals surface area contributed by atoms with Gasteiger partial charge in [-0.25, -0.2) is 4.79 Å². The van der Waals surface area contributed by atoms with Crippen molar-refractivity contribution in [1.29, 1.82) is 0 Å². The fourth-order valence-electron chi connectivity index (χ4n) is 1.64. The van der Waals surface area contributed by atoms with E-state index in [1.165, 1.54) is 7.11 Å². The molecule has 0 aliphatic carbocycles. The lowest BCUT2D eigenvalue weighted by Crippen LogP contribution is -2.29. The first-order valence-electron chi connectivity index (χ1n) is 3.87. The van der Waals surface area contributed by atoms with Crippen LogP contribution in [0.4, 0.5) is 0 Å². The molecule has 2 aliphatic heterocycles. The highest BCUT2D eigenvalue weighted by molar-refractivity contribution is 5.79. The van der Waals surface area contributed by atoms with Gasteiger partial charge in [-0.1, -0.05) is 0 Å². The summed E-state index contributed by atoms with van der Waals surface area (Å²) in [5.74, 6) is -0.345. The van der Waals surface area contributed by atoms with Gasteiger partial charge < -0.3 is 9.47 Å². The molecule has 0 unspecified atom stereocenters. The van der Waals surface area contributed by atoms with Crippen LogP contribution in [-0.4, -0.2) is 31.5 Å². The van der Waals surface area contributed by atoms with Gasteiger partial charge in [-0.05, 0) is 6.92 Å². The highest BCUT2D eigenvalue weighted by Gasteiger charge is 2.51. The number of rotatable bonds is 1. The average Bonchev–Trinajstić information content (AvgIpc) is 2.56. The lowest BCUT2D eigenvalue weighted by atomic mass is 9.97. The predicted molar refractivity (Wildman–Crippen MR) is 38.5 cm³/mol. The van der Waals surface area contributed by atoms with E-state index < -0.39 is 12.3 Å². The van der Waals surface area contributed by atoms with Gasteiger partial charge >= 0.3 is 5.97 Å². The number of nitrogens with zero attached hydrogens (tertiary/aromatic N) is 2. The first kappa shape index (κ1) is 7.67. The summed E-state index contributed by atoms with van der Waals surface area (Å²) in [6, 6.07) is -0.406.